The molecule has 0 spiro atoms. The number of rotatable bonds is 10. The van der Waals surface area contributed by atoms with Crippen molar-refractivity contribution >= 4 is 0 Å². The number of hydrogen-bond donors (Lipinski definition) is 1. The molecule has 1 fully saturated rings. The molecule has 0 radical (unpaired) electrons. The fourth-order valence-corrected chi connectivity index (χ4v) is 2.96. The van der Waals surface area contributed by atoms with Crippen molar-refractivity contribution in [2.75, 3.05) is 46.8 Å². The minimum atomic E-state index is 0.635. The average Bonchev–Trinajstić information content (AvgIpc) is 2.73. The van der Waals surface area contributed by atoms with Gasteiger partial charge < -0.3 is 15.1 Å². The first-order valence-corrected chi connectivity index (χ1v) is 8.18. The van der Waals surface area contributed by atoms with Crippen LogP contribution in [-0.4, -0.2) is 62.7 Å². The summed E-state index contributed by atoms with van der Waals surface area (Å²) in [5.41, 5.74) is 0. The van der Waals surface area contributed by atoms with Crippen LogP contribution in [0.15, 0.2) is 0 Å². The molecule has 1 saturated heterocycles. The molecule has 1 aliphatic rings. The Kier molecular flexibility index (Phi) is 8.67. The van der Waals surface area contributed by atoms with Gasteiger partial charge in [0, 0.05) is 19.1 Å². The second kappa shape index (κ2) is 9.73. The first-order valence-electron chi connectivity index (χ1n) is 8.18. The zero-order chi connectivity index (χ0) is 14.1. The average molecular weight is 269 g/mol. The Hall–Kier alpha value is -0.120. The molecular weight excluding hydrogens is 234 g/mol. The minimum Gasteiger partial charge on any atom is -0.315 e. The van der Waals surface area contributed by atoms with Gasteiger partial charge in [0.05, 0.1) is 0 Å². The summed E-state index contributed by atoms with van der Waals surface area (Å²) in [6.07, 6.45) is 6.84. The van der Waals surface area contributed by atoms with E-state index in [0.29, 0.717) is 6.04 Å². The van der Waals surface area contributed by atoms with E-state index in [9.17, 15) is 0 Å². The van der Waals surface area contributed by atoms with Crippen molar-refractivity contribution in [3.8, 4) is 0 Å². The monoisotopic (exact) mass is 269 g/mol. The Balaban J connectivity index is 1.88. The minimum absolute atomic E-state index is 0.635. The fraction of sp³-hybridized carbons (Fsp3) is 1.00. The second-order valence-electron chi connectivity index (χ2n) is 6.70. The number of likely N-dealkylation sites (tertiary alicyclic amines) is 1. The highest BCUT2D eigenvalue weighted by atomic mass is 15.1. The van der Waals surface area contributed by atoms with Crippen LogP contribution in [0.3, 0.4) is 0 Å². The van der Waals surface area contributed by atoms with Crippen molar-refractivity contribution in [3.05, 3.63) is 0 Å². The normalized spacial score (nSPS) is 20.8. The predicted molar refractivity (Wildman–Crippen MR) is 84.7 cm³/mol. The van der Waals surface area contributed by atoms with Crippen LogP contribution >= 0.6 is 0 Å². The molecule has 114 valence electrons. The van der Waals surface area contributed by atoms with Gasteiger partial charge in [-0.1, -0.05) is 26.7 Å². The second-order valence-corrected chi connectivity index (χ2v) is 6.70. The van der Waals surface area contributed by atoms with E-state index in [1.54, 1.807) is 0 Å². The third-order valence-corrected chi connectivity index (χ3v) is 4.08. The van der Waals surface area contributed by atoms with Crippen LogP contribution in [0.4, 0.5) is 0 Å². The summed E-state index contributed by atoms with van der Waals surface area (Å²) in [4.78, 5) is 5.00. The lowest BCUT2D eigenvalue weighted by Crippen LogP contribution is -2.28. The summed E-state index contributed by atoms with van der Waals surface area (Å²) in [5, 5.41) is 3.48. The van der Waals surface area contributed by atoms with Crippen molar-refractivity contribution in [3.63, 3.8) is 0 Å². The van der Waals surface area contributed by atoms with Crippen LogP contribution in [0.25, 0.3) is 0 Å². The summed E-state index contributed by atoms with van der Waals surface area (Å²) in [6, 6.07) is 0.635. The highest BCUT2D eigenvalue weighted by Gasteiger charge is 2.20. The van der Waals surface area contributed by atoms with Gasteiger partial charge in [0.2, 0.25) is 0 Å². The molecule has 0 aliphatic carbocycles. The molecule has 0 aromatic rings. The third kappa shape index (κ3) is 8.61. The molecule has 3 heteroatoms. The Morgan fingerprint density at radius 1 is 1.21 bits per heavy atom. The molecule has 0 aromatic heterocycles. The van der Waals surface area contributed by atoms with Crippen LogP contribution in [0, 0.1) is 5.92 Å². The third-order valence-electron chi connectivity index (χ3n) is 4.08. The van der Waals surface area contributed by atoms with Crippen LogP contribution in [0.5, 0.6) is 0 Å². The number of nitrogens with one attached hydrogen (secondary N) is 1. The van der Waals surface area contributed by atoms with Gasteiger partial charge in [-0.15, -0.1) is 0 Å². The lowest BCUT2D eigenvalue weighted by molar-refractivity contribution is 0.268. The molecule has 19 heavy (non-hydrogen) atoms. The van der Waals surface area contributed by atoms with Gasteiger partial charge in [0.1, 0.15) is 0 Å². The van der Waals surface area contributed by atoms with Crippen molar-refractivity contribution < 1.29 is 0 Å². The summed E-state index contributed by atoms with van der Waals surface area (Å²) in [6.45, 7) is 10.8. The highest BCUT2D eigenvalue weighted by molar-refractivity contribution is 4.75. The van der Waals surface area contributed by atoms with E-state index in [4.69, 9.17) is 0 Å². The van der Waals surface area contributed by atoms with Crippen molar-refractivity contribution in [1.82, 2.24) is 15.1 Å². The van der Waals surface area contributed by atoms with Crippen LogP contribution in [0.1, 0.15) is 46.0 Å². The van der Waals surface area contributed by atoms with E-state index in [-0.39, 0.29) is 0 Å². The number of unbranched alkanes of at least 4 members (excludes halogenated alkanes) is 3. The topological polar surface area (TPSA) is 18.5 Å². The Labute approximate surface area is 120 Å². The van der Waals surface area contributed by atoms with E-state index in [1.807, 2.05) is 0 Å². The quantitative estimate of drug-likeness (QED) is 0.615. The van der Waals surface area contributed by atoms with Crippen molar-refractivity contribution in [1.29, 1.82) is 0 Å². The van der Waals surface area contributed by atoms with Gasteiger partial charge in [-0.05, 0) is 58.9 Å². The molecule has 1 rings (SSSR count). The van der Waals surface area contributed by atoms with E-state index >= 15 is 0 Å². The molecule has 0 amide bonds. The maximum atomic E-state index is 3.48. The first-order chi connectivity index (χ1) is 9.08. The number of nitrogens with zero attached hydrogens (tertiary/aromatic N) is 2. The maximum Gasteiger partial charge on any atom is 0.00193 e. The van der Waals surface area contributed by atoms with Crippen LogP contribution in [-0.2, 0) is 0 Å². The highest BCUT2D eigenvalue weighted by Crippen LogP contribution is 2.15. The lowest BCUT2D eigenvalue weighted by atomic mass is 10.1. The molecule has 0 saturated carbocycles. The molecular formula is C16H35N3. The molecule has 1 heterocycles. The molecule has 1 aliphatic heterocycles. The molecule has 1 N–H and O–H groups in total. The van der Waals surface area contributed by atoms with Crippen LogP contribution < -0.4 is 5.32 Å². The SMILES string of the molecule is CC(C)NCCCCCCN(C)CC1CCN(C)C1. The lowest BCUT2D eigenvalue weighted by Gasteiger charge is -2.20. The molecule has 3 nitrogen and oxygen atoms in total. The van der Waals surface area contributed by atoms with Gasteiger partial charge in [-0.2, -0.15) is 0 Å². The van der Waals surface area contributed by atoms with Crippen molar-refractivity contribution in [2.45, 2.75) is 52.0 Å². The van der Waals surface area contributed by atoms with Gasteiger partial charge in [-0.3, -0.25) is 0 Å². The van der Waals surface area contributed by atoms with Gasteiger partial charge >= 0.3 is 0 Å². The Morgan fingerprint density at radius 3 is 2.58 bits per heavy atom. The molecule has 1 unspecified atom stereocenters. The number of hydrogen-bond acceptors (Lipinski definition) is 3. The Morgan fingerprint density at radius 2 is 1.95 bits per heavy atom. The van der Waals surface area contributed by atoms with Crippen LogP contribution in [0.2, 0.25) is 0 Å². The smallest absolute Gasteiger partial charge is 0.00193 e. The van der Waals surface area contributed by atoms with Crippen molar-refractivity contribution in [2.24, 2.45) is 5.92 Å². The van der Waals surface area contributed by atoms with Gasteiger partial charge in [-0.25, -0.2) is 0 Å². The van der Waals surface area contributed by atoms with E-state index in [0.717, 1.165) is 5.92 Å². The Bertz CT molecular complexity index is 218. The molecule has 0 bridgehead atoms. The summed E-state index contributed by atoms with van der Waals surface area (Å²) in [5.74, 6) is 0.908. The molecule has 0 aromatic carbocycles. The standard InChI is InChI=1S/C16H35N3/c1-15(2)17-10-7-5-6-8-11-18(3)13-16-9-12-19(4)14-16/h15-17H,5-14H2,1-4H3. The van der Waals surface area contributed by atoms with Gasteiger partial charge in [0.25, 0.3) is 0 Å². The summed E-state index contributed by atoms with van der Waals surface area (Å²) >= 11 is 0. The van der Waals surface area contributed by atoms with E-state index < -0.39 is 0 Å². The van der Waals surface area contributed by atoms with E-state index in [2.05, 4.69) is 43.1 Å². The molecule has 1 atom stereocenters. The van der Waals surface area contributed by atoms with E-state index in [1.165, 1.54) is 64.8 Å². The fourth-order valence-electron chi connectivity index (χ4n) is 2.96. The maximum absolute atomic E-state index is 3.48. The summed E-state index contributed by atoms with van der Waals surface area (Å²) in [7, 11) is 4.53. The zero-order valence-electron chi connectivity index (χ0n) is 13.6. The first kappa shape index (κ1) is 16.9. The zero-order valence-corrected chi connectivity index (χ0v) is 13.6. The largest absolute Gasteiger partial charge is 0.315 e. The summed E-state index contributed by atoms with van der Waals surface area (Å²) < 4.78 is 0. The predicted octanol–water partition coefficient (Wildman–Crippen LogP) is 2.43. The van der Waals surface area contributed by atoms with Gasteiger partial charge in [0.15, 0.2) is 0 Å².